The van der Waals surface area contributed by atoms with Gasteiger partial charge in [0.25, 0.3) is 5.56 Å². The molecule has 0 amide bonds. The third-order valence-electron chi connectivity index (χ3n) is 1.54. The van der Waals surface area contributed by atoms with Crippen LogP contribution >= 0.6 is 0 Å². The molecule has 0 saturated heterocycles. The average molecular weight is 178 g/mol. The summed E-state index contributed by atoms with van der Waals surface area (Å²) in [6.07, 6.45) is 2.65. The fourth-order valence-electron chi connectivity index (χ4n) is 0.933. The molecule has 0 radical (unpaired) electrons. The topological polar surface area (TPSA) is 80.8 Å². The van der Waals surface area contributed by atoms with Crippen molar-refractivity contribution in [2.45, 2.75) is 0 Å². The zero-order chi connectivity index (χ0) is 9.26. The monoisotopic (exact) mass is 178 g/mol. The molecule has 0 saturated carbocycles. The van der Waals surface area contributed by atoms with Crippen molar-refractivity contribution >= 4 is 11.2 Å². The maximum Gasteiger partial charge on any atom is 0.278 e. The minimum Gasteiger partial charge on any atom is -0.480 e. The lowest BCUT2D eigenvalue weighted by Gasteiger charge is -1.97. The standard InChI is InChI=1S/C7H6N4O2/c1-13-4-2-8-5-6(11-4)9-3-10-7(5)12/h2-3H,1H3,(H,9,10,11,12). The summed E-state index contributed by atoms with van der Waals surface area (Å²) in [5.74, 6) is 0.339. The van der Waals surface area contributed by atoms with Crippen molar-refractivity contribution in [3.05, 3.63) is 22.9 Å². The number of nitrogens with one attached hydrogen (secondary N) is 1. The normalized spacial score (nSPS) is 10.2. The molecule has 6 nitrogen and oxygen atoms in total. The lowest BCUT2D eigenvalue weighted by molar-refractivity contribution is 0.397. The van der Waals surface area contributed by atoms with E-state index in [0.29, 0.717) is 5.88 Å². The van der Waals surface area contributed by atoms with Crippen LogP contribution in [-0.2, 0) is 0 Å². The second-order valence-electron chi connectivity index (χ2n) is 2.32. The van der Waals surface area contributed by atoms with Crippen molar-refractivity contribution < 1.29 is 4.74 Å². The number of hydrogen-bond donors (Lipinski definition) is 1. The van der Waals surface area contributed by atoms with Gasteiger partial charge in [0.05, 0.1) is 19.6 Å². The molecule has 0 aromatic carbocycles. The highest BCUT2D eigenvalue weighted by molar-refractivity contribution is 5.67. The lowest BCUT2D eigenvalue weighted by atomic mass is 10.5. The van der Waals surface area contributed by atoms with Crippen molar-refractivity contribution in [2.75, 3.05) is 7.11 Å². The van der Waals surface area contributed by atoms with Crippen LogP contribution in [0.1, 0.15) is 0 Å². The highest BCUT2D eigenvalue weighted by Crippen LogP contribution is 2.05. The minimum absolute atomic E-state index is 0.211. The van der Waals surface area contributed by atoms with Crippen molar-refractivity contribution in [2.24, 2.45) is 0 Å². The number of hydrogen-bond acceptors (Lipinski definition) is 5. The zero-order valence-corrected chi connectivity index (χ0v) is 6.81. The van der Waals surface area contributed by atoms with Crippen molar-refractivity contribution in [3.8, 4) is 5.88 Å². The summed E-state index contributed by atoms with van der Waals surface area (Å²) >= 11 is 0. The fraction of sp³-hybridized carbons (Fsp3) is 0.143. The van der Waals surface area contributed by atoms with Gasteiger partial charge in [0.1, 0.15) is 0 Å². The quantitative estimate of drug-likeness (QED) is 0.649. The molecule has 6 heteroatoms. The summed E-state index contributed by atoms with van der Waals surface area (Å²) in [6.45, 7) is 0. The first-order valence-electron chi connectivity index (χ1n) is 3.55. The molecule has 2 rings (SSSR count). The molecule has 0 atom stereocenters. The number of fused-ring (bicyclic) bond motifs is 1. The van der Waals surface area contributed by atoms with Crippen LogP contribution in [0.4, 0.5) is 0 Å². The van der Waals surface area contributed by atoms with Gasteiger partial charge in [-0.2, -0.15) is 4.98 Å². The Labute approximate surface area is 72.6 Å². The molecule has 1 N–H and O–H groups in total. The molecule has 2 aromatic heterocycles. The maximum atomic E-state index is 11.1. The molecule has 0 bridgehead atoms. The smallest absolute Gasteiger partial charge is 0.278 e. The van der Waals surface area contributed by atoms with E-state index in [4.69, 9.17) is 4.74 Å². The summed E-state index contributed by atoms with van der Waals surface area (Å²) < 4.78 is 4.84. The van der Waals surface area contributed by atoms with Gasteiger partial charge in [-0.25, -0.2) is 9.97 Å². The van der Waals surface area contributed by atoms with E-state index in [1.165, 1.54) is 19.6 Å². The summed E-state index contributed by atoms with van der Waals surface area (Å²) in [4.78, 5) is 25.2. The number of methoxy groups -OCH3 is 1. The molecule has 13 heavy (non-hydrogen) atoms. The summed E-state index contributed by atoms with van der Waals surface area (Å²) in [5.41, 5.74) is 0.187. The van der Waals surface area contributed by atoms with Crippen LogP contribution in [0.25, 0.3) is 11.2 Å². The molecular formula is C7H6N4O2. The van der Waals surface area contributed by atoms with Gasteiger partial charge < -0.3 is 9.72 Å². The third-order valence-corrected chi connectivity index (χ3v) is 1.54. The molecule has 0 aliphatic carbocycles. The van der Waals surface area contributed by atoms with E-state index in [1.54, 1.807) is 0 Å². The fourth-order valence-corrected chi connectivity index (χ4v) is 0.933. The van der Waals surface area contributed by atoms with Crippen LogP contribution < -0.4 is 10.3 Å². The number of rotatable bonds is 1. The Morgan fingerprint density at radius 2 is 2.31 bits per heavy atom. The first-order valence-corrected chi connectivity index (χ1v) is 3.55. The van der Waals surface area contributed by atoms with Crippen LogP contribution in [0.5, 0.6) is 5.88 Å². The van der Waals surface area contributed by atoms with E-state index in [-0.39, 0.29) is 16.7 Å². The molecule has 2 heterocycles. The van der Waals surface area contributed by atoms with Crippen LogP contribution in [-0.4, -0.2) is 27.0 Å². The van der Waals surface area contributed by atoms with Crippen molar-refractivity contribution in [1.29, 1.82) is 0 Å². The highest BCUT2D eigenvalue weighted by Gasteiger charge is 2.02. The Hall–Kier alpha value is -1.98. The van der Waals surface area contributed by atoms with Gasteiger partial charge >= 0.3 is 0 Å². The van der Waals surface area contributed by atoms with Crippen LogP contribution in [0.2, 0.25) is 0 Å². The predicted molar refractivity (Wildman–Crippen MR) is 44.5 cm³/mol. The van der Waals surface area contributed by atoms with E-state index >= 15 is 0 Å². The Kier molecular flexibility index (Phi) is 1.66. The van der Waals surface area contributed by atoms with E-state index in [2.05, 4.69) is 19.9 Å². The lowest BCUT2D eigenvalue weighted by Crippen LogP contribution is -2.09. The Balaban J connectivity index is 2.80. The van der Waals surface area contributed by atoms with E-state index in [9.17, 15) is 4.79 Å². The molecule has 66 valence electrons. The van der Waals surface area contributed by atoms with Gasteiger partial charge in [0.2, 0.25) is 5.88 Å². The average Bonchev–Trinajstić information content (AvgIpc) is 2.18. The SMILES string of the molecule is COc1cnc2c(=O)[nH]cnc2n1. The van der Waals surface area contributed by atoms with Gasteiger partial charge in [-0.05, 0) is 0 Å². The van der Waals surface area contributed by atoms with Gasteiger partial charge in [-0.3, -0.25) is 4.79 Å². The van der Waals surface area contributed by atoms with Crippen LogP contribution in [0.15, 0.2) is 17.3 Å². The van der Waals surface area contributed by atoms with E-state index in [1.807, 2.05) is 0 Å². The largest absolute Gasteiger partial charge is 0.480 e. The molecular weight excluding hydrogens is 172 g/mol. The number of ether oxygens (including phenoxy) is 1. The Bertz CT molecular complexity index is 493. The second-order valence-corrected chi connectivity index (χ2v) is 2.32. The third kappa shape index (κ3) is 1.22. The Morgan fingerprint density at radius 3 is 3.08 bits per heavy atom. The van der Waals surface area contributed by atoms with Crippen molar-refractivity contribution in [3.63, 3.8) is 0 Å². The Morgan fingerprint density at radius 1 is 1.46 bits per heavy atom. The maximum absolute atomic E-state index is 11.1. The summed E-state index contributed by atoms with van der Waals surface area (Å²) in [7, 11) is 1.48. The summed E-state index contributed by atoms with van der Waals surface area (Å²) in [6, 6.07) is 0. The first kappa shape index (κ1) is 7.66. The highest BCUT2D eigenvalue weighted by atomic mass is 16.5. The predicted octanol–water partition coefficient (Wildman–Crippen LogP) is -0.278. The van der Waals surface area contributed by atoms with Gasteiger partial charge in [0, 0.05) is 0 Å². The first-order chi connectivity index (χ1) is 6.31. The molecule has 2 aromatic rings. The van der Waals surface area contributed by atoms with Gasteiger partial charge in [-0.1, -0.05) is 0 Å². The number of aromatic amines is 1. The molecule has 0 spiro atoms. The number of nitrogens with zero attached hydrogens (tertiary/aromatic N) is 3. The number of H-pyrrole nitrogens is 1. The van der Waals surface area contributed by atoms with E-state index < -0.39 is 0 Å². The minimum atomic E-state index is -0.305. The van der Waals surface area contributed by atoms with Crippen LogP contribution in [0.3, 0.4) is 0 Å². The van der Waals surface area contributed by atoms with Crippen LogP contribution in [0, 0.1) is 0 Å². The zero-order valence-electron chi connectivity index (χ0n) is 6.81. The van der Waals surface area contributed by atoms with Gasteiger partial charge in [0.15, 0.2) is 11.2 Å². The van der Waals surface area contributed by atoms with Crippen molar-refractivity contribution in [1.82, 2.24) is 19.9 Å². The summed E-state index contributed by atoms with van der Waals surface area (Å²) in [5, 5.41) is 0. The number of aromatic nitrogens is 4. The van der Waals surface area contributed by atoms with E-state index in [0.717, 1.165) is 0 Å². The molecule has 0 aliphatic heterocycles. The molecule has 0 unspecified atom stereocenters. The van der Waals surface area contributed by atoms with Gasteiger partial charge in [-0.15, -0.1) is 0 Å². The molecule has 0 fully saturated rings. The second kappa shape index (κ2) is 2.81. The molecule has 0 aliphatic rings.